The van der Waals surface area contributed by atoms with Gasteiger partial charge in [-0.15, -0.1) is 21.5 Å². The number of aromatic nitrogens is 3. The molecule has 0 radical (unpaired) electrons. The lowest BCUT2D eigenvalue weighted by molar-refractivity contribution is 0.975. The molecule has 2 heterocycles. The summed E-state index contributed by atoms with van der Waals surface area (Å²) < 4.78 is 0. The summed E-state index contributed by atoms with van der Waals surface area (Å²) in [5, 5.41) is 12.7. The van der Waals surface area contributed by atoms with Crippen molar-refractivity contribution >= 4 is 28.8 Å². The quantitative estimate of drug-likeness (QED) is 0.929. The van der Waals surface area contributed by atoms with Crippen LogP contribution in [0.2, 0.25) is 5.15 Å². The summed E-state index contributed by atoms with van der Waals surface area (Å²) in [7, 11) is 0. The Morgan fingerprint density at radius 1 is 1.24 bits per heavy atom. The highest BCUT2D eigenvalue weighted by molar-refractivity contribution is 7.11. The molecule has 0 aliphatic heterocycles. The number of rotatable bonds is 3. The monoisotopic (exact) mass is 268 g/mol. The Morgan fingerprint density at radius 2 is 2.00 bits per heavy atom. The smallest absolute Gasteiger partial charge is 0.155 e. The summed E-state index contributed by atoms with van der Waals surface area (Å²) in [5.41, 5.74) is 2.00. The van der Waals surface area contributed by atoms with Gasteiger partial charge in [-0.1, -0.05) is 11.6 Å². The van der Waals surface area contributed by atoms with Crippen LogP contribution in [0, 0.1) is 20.8 Å². The largest absolute Gasteiger partial charge is 0.363 e. The van der Waals surface area contributed by atoms with Crippen LogP contribution in [0.5, 0.6) is 0 Å². The second-order valence-electron chi connectivity index (χ2n) is 3.79. The van der Waals surface area contributed by atoms with Gasteiger partial charge in [0.1, 0.15) is 0 Å². The maximum Gasteiger partial charge on any atom is 0.155 e. The summed E-state index contributed by atoms with van der Waals surface area (Å²) in [6.45, 7) is 6.62. The van der Waals surface area contributed by atoms with Crippen molar-refractivity contribution in [2.45, 2.75) is 27.3 Å². The molecule has 0 saturated carbocycles. The van der Waals surface area contributed by atoms with E-state index in [4.69, 9.17) is 11.6 Å². The van der Waals surface area contributed by atoms with Gasteiger partial charge in [0.05, 0.1) is 11.6 Å². The van der Waals surface area contributed by atoms with Gasteiger partial charge in [-0.3, -0.25) is 0 Å². The number of halogens is 1. The second-order valence-corrected chi connectivity index (χ2v) is 5.47. The number of nitrogens with zero attached hydrogens (tertiary/aromatic N) is 3. The van der Waals surface area contributed by atoms with E-state index in [1.54, 1.807) is 11.3 Å². The van der Waals surface area contributed by atoms with Crippen LogP contribution < -0.4 is 5.32 Å². The lowest BCUT2D eigenvalue weighted by Gasteiger charge is -2.09. The molecule has 0 bridgehead atoms. The van der Waals surface area contributed by atoms with Gasteiger partial charge in [0.15, 0.2) is 11.0 Å². The third-order valence-corrected chi connectivity index (χ3v) is 3.84. The Kier molecular flexibility index (Phi) is 3.59. The summed E-state index contributed by atoms with van der Waals surface area (Å²) in [6, 6.07) is 0. The van der Waals surface area contributed by atoms with E-state index in [0.29, 0.717) is 11.7 Å². The molecule has 0 saturated heterocycles. The van der Waals surface area contributed by atoms with Crippen molar-refractivity contribution < 1.29 is 0 Å². The fourth-order valence-corrected chi connectivity index (χ4v) is 2.32. The zero-order valence-corrected chi connectivity index (χ0v) is 11.5. The van der Waals surface area contributed by atoms with E-state index < -0.39 is 0 Å². The lowest BCUT2D eigenvalue weighted by Crippen LogP contribution is -2.05. The van der Waals surface area contributed by atoms with Crippen molar-refractivity contribution in [2.24, 2.45) is 0 Å². The van der Waals surface area contributed by atoms with Crippen LogP contribution in [0.15, 0.2) is 6.20 Å². The molecule has 0 amide bonds. The minimum Gasteiger partial charge on any atom is -0.363 e. The molecule has 0 aliphatic carbocycles. The number of aryl methyl sites for hydroxylation is 1. The van der Waals surface area contributed by atoms with Gasteiger partial charge < -0.3 is 5.32 Å². The normalized spacial score (nSPS) is 10.6. The fourth-order valence-electron chi connectivity index (χ4n) is 1.40. The lowest BCUT2D eigenvalue weighted by atomic mass is 10.2. The van der Waals surface area contributed by atoms with E-state index in [0.717, 1.165) is 22.0 Å². The molecule has 2 aromatic heterocycles. The fraction of sp³-hybridized carbons (Fsp3) is 0.364. The predicted molar refractivity (Wildman–Crippen MR) is 70.7 cm³/mol. The van der Waals surface area contributed by atoms with Gasteiger partial charge in [0.2, 0.25) is 0 Å². The molecular formula is C11H13ClN4S. The maximum absolute atomic E-state index is 5.90. The Balaban J connectivity index is 2.12. The summed E-state index contributed by atoms with van der Waals surface area (Å²) in [6.07, 6.45) is 1.87. The highest BCUT2D eigenvalue weighted by atomic mass is 35.5. The topological polar surface area (TPSA) is 50.7 Å². The van der Waals surface area contributed by atoms with Gasteiger partial charge >= 0.3 is 0 Å². The Bertz CT molecular complexity index is 538. The Hall–Kier alpha value is -1.20. The zero-order valence-electron chi connectivity index (χ0n) is 9.91. The number of hydrogen-bond donors (Lipinski definition) is 1. The SMILES string of the molecule is Cc1ncc(CNc2nnc(Cl)c(C)c2C)s1. The van der Waals surface area contributed by atoms with Crippen molar-refractivity contribution in [3.8, 4) is 0 Å². The van der Waals surface area contributed by atoms with E-state index in [1.807, 2.05) is 27.0 Å². The minimum atomic E-state index is 0.460. The van der Waals surface area contributed by atoms with Crippen LogP contribution in [0.25, 0.3) is 0 Å². The third kappa shape index (κ3) is 2.73. The standard InChI is InChI=1S/C11H13ClN4S/c1-6-7(2)11(16-15-10(6)12)14-5-9-4-13-8(3)17-9/h4H,5H2,1-3H3,(H,14,16). The van der Waals surface area contributed by atoms with Crippen molar-refractivity contribution in [3.63, 3.8) is 0 Å². The highest BCUT2D eigenvalue weighted by Crippen LogP contribution is 2.21. The van der Waals surface area contributed by atoms with Gasteiger partial charge in [0, 0.05) is 11.1 Å². The number of hydrogen-bond acceptors (Lipinski definition) is 5. The molecule has 0 aliphatic rings. The van der Waals surface area contributed by atoms with E-state index in [9.17, 15) is 0 Å². The van der Waals surface area contributed by atoms with E-state index in [1.165, 1.54) is 4.88 Å². The second kappa shape index (κ2) is 4.98. The number of nitrogens with one attached hydrogen (secondary N) is 1. The molecule has 17 heavy (non-hydrogen) atoms. The molecule has 0 spiro atoms. The minimum absolute atomic E-state index is 0.460. The first-order valence-electron chi connectivity index (χ1n) is 5.22. The van der Waals surface area contributed by atoms with Gasteiger partial charge in [0.25, 0.3) is 0 Å². The summed E-state index contributed by atoms with van der Waals surface area (Å²) in [5.74, 6) is 0.776. The van der Waals surface area contributed by atoms with Gasteiger partial charge in [-0.25, -0.2) is 4.98 Å². The molecule has 0 unspecified atom stereocenters. The Morgan fingerprint density at radius 3 is 2.65 bits per heavy atom. The molecule has 0 atom stereocenters. The van der Waals surface area contributed by atoms with Gasteiger partial charge in [-0.05, 0) is 31.9 Å². The first kappa shape index (κ1) is 12.3. The molecule has 0 aromatic carbocycles. The van der Waals surface area contributed by atoms with Crippen LogP contribution in [-0.4, -0.2) is 15.2 Å². The van der Waals surface area contributed by atoms with Crippen LogP contribution in [-0.2, 0) is 6.54 Å². The average Bonchev–Trinajstić information content (AvgIpc) is 2.71. The van der Waals surface area contributed by atoms with Crippen molar-refractivity contribution in [1.82, 2.24) is 15.2 Å². The van der Waals surface area contributed by atoms with Gasteiger partial charge in [-0.2, -0.15) is 0 Å². The summed E-state index contributed by atoms with van der Waals surface area (Å²) >= 11 is 7.57. The van der Waals surface area contributed by atoms with E-state index in [-0.39, 0.29) is 0 Å². The predicted octanol–water partition coefficient (Wildman–Crippen LogP) is 3.12. The zero-order chi connectivity index (χ0) is 12.4. The van der Waals surface area contributed by atoms with Crippen LogP contribution in [0.3, 0.4) is 0 Å². The number of anilines is 1. The average molecular weight is 269 g/mol. The van der Waals surface area contributed by atoms with Crippen LogP contribution >= 0.6 is 22.9 Å². The van der Waals surface area contributed by atoms with Crippen LogP contribution in [0.1, 0.15) is 21.0 Å². The van der Waals surface area contributed by atoms with E-state index >= 15 is 0 Å². The van der Waals surface area contributed by atoms with Crippen molar-refractivity contribution in [2.75, 3.05) is 5.32 Å². The molecule has 1 N–H and O–H groups in total. The highest BCUT2D eigenvalue weighted by Gasteiger charge is 2.08. The maximum atomic E-state index is 5.90. The first-order valence-corrected chi connectivity index (χ1v) is 6.42. The molecule has 0 fully saturated rings. The van der Waals surface area contributed by atoms with E-state index in [2.05, 4.69) is 20.5 Å². The molecule has 4 nitrogen and oxygen atoms in total. The molecule has 2 aromatic rings. The summed E-state index contributed by atoms with van der Waals surface area (Å²) in [4.78, 5) is 5.38. The van der Waals surface area contributed by atoms with Crippen LogP contribution in [0.4, 0.5) is 5.82 Å². The molecule has 6 heteroatoms. The first-order chi connectivity index (χ1) is 8.08. The molecule has 90 valence electrons. The molecule has 2 rings (SSSR count). The van der Waals surface area contributed by atoms with Crippen molar-refractivity contribution in [3.05, 3.63) is 32.4 Å². The Labute approximate surface area is 109 Å². The third-order valence-electron chi connectivity index (χ3n) is 2.56. The molecular weight excluding hydrogens is 256 g/mol. The van der Waals surface area contributed by atoms with Crippen molar-refractivity contribution in [1.29, 1.82) is 0 Å². The number of thiazole rings is 1.